The molecule has 162 valence electrons. The van der Waals surface area contributed by atoms with Crippen molar-refractivity contribution < 1.29 is 19.4 Å². The van der Waals surface area contributed by atoms with Crippen LogP contribution >= 0.6 is 0 Å². The molecule has 0 bridgehead atoms. The fourth-order valence-corrected chi connectivity index (χ4v) is 3.96. The Morgan fingerprint density at radius 3 is 2.97 bits per heavy atom. The molecule has 2 aliphatic rings. The van der Waals surface area contributed by atoms with Crippen molar-refractivity contribution in [2.45, 2.75) is 63.3 Å². The van der Waals surface area contributed by atoms with Crippen LogP contribution in [0, 0.1) is 5.92 Å². The molecule has 1 aliphatic carbocycles. The van der Waals surface area contributed by atoms with E-state index in [1.165, 1.54) is 0 Å². The van der Waals surface area contributed by atoms with E-state index in [-0.39, 0.29) is 30.8 Å². The largest absolute Gasteiger partial charge is 0.497 e. The predicted molar refractivity (Wildman–Crippen MR) is 111 cm³/mol. The molecular formula is C22H30N4O4. The molecule has 2 aromatic rings. The fourth-order valence-electron chi connectivity index (χ4n) is 3.96. The second-order valence-corrected chi connectivity index (χ2v) is 8.27. The zero-order valence-corrected chi connectivity index (χ0v) is 17.4. The van der Waals surface area contributed by atoms with Gasteiger partial charge in [0.2, 0.25) is 5.91 Å². The van der Waals surface area contributed by atoms with Crippen LogP contribution in [0.3, 0.4) is 0 Å². The molecule has 0 radical (unpaired) electrons. The van der Waals surface area contributed by atoms with Gasteiger partial charge < -0.3 is 19.9 Å². The summed E-state index contributed by atoms with van der Waals surface area (Å²) in [6.45, 7) is 0.590. The SMILES string of the molecule is COc1cccc(-c2cn(CC[C@H]3CC[C@H](NC(=O)CC4CC4)[C@H](CO)O3)nn2)c1. The number of hydrogen-bond donors (Lipinski definition) is 2. The average Bonchev–Trinajstić information content (AvgIpc) is 3.45. The van der Waals surface area contributed by atoms with Gasteiger partial charge in [-0.15, -0.1) is 5.10 Å². The number of nitrogens with zero attached hydrogens (tertiary/aromatic N) is 3. The van der Waals surface area contributed by atoms with Crippen molar-refractivity contribution in [2.24, 2.45) is 5.92 Å². The fraction of sp³-hybridized carbons (Fsp3) is 0.591. The van der Waals surface area contributed by atoms with E-state index in [0.717, 1.165) is 49.1 Å². The van der Waals surface area contributed by atoms with Gasteiger partial charge in [0.05, 0.1) is 32.1 Å². The Hall–Kier alpha value is -2.45. The Bertz CT molecular complexity index is 851. The van der Waals surface area contributed by atoms with Crippen molar-refractivity contribution in [3.05, 3.63) is 30.5 Å². The molecule has 2 N–H and O–H groups in total. The highest BCUT2D eigenvalue weighted by molar-refractivity contribution is 5.76. The number of aromatic nitrogens is 3. The highest BCUT2D eigenvalue weighted by Gasteiger charge is 2.33. The minimum atomic E-state index is -0.352. The van der Waals surface area contributed by atoms with E-state index in [1.54, 1.807) is 7.11 Å². The first-order chi connectivity index (χ1) is 14.6. The summed E-state index contributed by atoms with van der Waals surface area (Å²) in [5.74, 6) is 1.42. The molecule has 1 saturated heterocycles. The molecule has 1 aromatic carbocycles. The van der Waals surface area contributed by atoms with Crippen LogP contribution < -0.4 is 10.1 Å². The summed E-state index contributed by atoms with van der Waals surface area (Å²) < 4.78 is 13.2. The topological polar surface area (TPSA) is 98.5 Å². The van der Waals surface area contributed by atoms with Gasteiger partial charge in [-0.3, -0.25) is 9.48 Å². The minimum Gasteiger partial charge on any atom is -0.497 e. The van der Waals surface area contributed by atoms with Crippen LogP contribution in [-0.4, -0.2) is 58.0 Å². The summed E-state index contributed by atoms with van der Waals surface area (Å²) in [7, 11) is 1.64. The van der Waals surface area contributed by atoms with E-state index in [4.69, 9.17) is 9.47 Å². The summed E-state index contributed by atoms with van der Waals surface area (Å²) in [5, 5.41) is 21.3. The maximum atomic E-state index is 12.1. The molecule has 3 atom stereocenters. The molecule has 1 aromatic heterocycles. The number of carbonyl (C=O) groups is 1. The summed E-state index contributed by atoms with van der Waals surface area (Å²) in [5.41, 5.74) is 1.75. The third kappa shape index (κ3) is 5.37. The van der Waals surface area contributed by atoms with Crippen molar-refractivity contribution in [3.8, 4) is 17.0 Å². The number of benzene rings is 1. The lowest BCUT2D eigenvalue weighted by molar-refractivity contribution is -0.129. The van der Waals surface area contributed by atoms with E-state index in [0.29, 0.717) is 18.9 Å². The van der Waals surface area contributed by atoms with E-state index < -0.39 is 0 Å². The monoisotopic (exact) mass is 414 g/mol. The van der Waals surface area contributed by atoms with Gasteiger partial charge in [0, 0.05) is 18.5 Å². The molecular weight excluding hydrogens is 384 g/mol. The third-order valence-electron chi connectivity index (χ3n) is 5.90. The van der Waals surface area contributed by atoms with Crippen LogP contribution in [0.2, 0.25) is 0 Å². The molecule has 1 amide bonds. The standard InChI is InChI=1S/C22H30N4O4/c1-29-18-4-2-3-16(12-18)20-13-26(25-24-20)10-9-17-7-8-19(21(14-27)30-17)23-22(28)11-15-5-6-15/h2-4,12-13,15,17,19,21,27H,5-11,14H2,1H3,(H,23,28)/t17-,19+,21+/m1/s1. The molecule has 0 unspecified atom stereocenters. The van der Waals surface area contributed by atoms with E-state index in [2.05, 4.69) is 15.6 Å². The highest BCUT2D eigenvalue weighted by Crippen LogP contribution is 2.32. The number of nitrogens with one attached hydrogen (secondary N) is 1. The number of amides is 1. The number of aliphatic hydroxyl groups is 1. The van der Waals surface area contributed by atoms with E-state index >= 15 is 0 Å². The van der Waals surface area contributed by atoms with Crippen molar-refractivity contribution in [2.75, 3.05) is 13.7 Å². The Labute approximate surface area is 176 Å². The summed E-state index contributed by atoms with van der Waals surface area (Å²) >= 11 is 0. The third-order valence-corrected chi connectivity index (χ3v) is 5.90. The summed E-state index contributed by atoms with van der Waals surface area (Å²) in [6, 6.07) is 7.63. The van der Waals surface area contributed by atoms with Crippen molar-refractivity contribution in [1.29, 1.82) is 0 Å². The van der Waals surface area contributed by atoms with Crippen molar-refractivity contribution in [3.63, 3.8) is 0 Å². The number of carbonyl (C=O) groups excluding carboxylic acids is 1. The molecule has 2 fully saturated rings. The summed E-state index contributed by atoms with van der Waals surface area (Å²) in [4.78, 5) is 12.1. The van der Waals surface area contributed by atoms with Crippen LogP contribution in [0.1, 0.15) is 38.5 Å². The highest BCUT2D eigenvalue weighted by atomic mass is 16.5. The van der Waals surface area contributed by atoms with Crippen molar-refractivity contribution in [1.82, 2.24) is 20.3 Å². The van der Waals surface area contributed by atoms with Gasteiger partial charge in [-0.05, 0) is 50.2 Å². The number of aliphatic hydroxyl groups excluding tert-OH is 1. The van der Waals surface area contributed by atoms with Gasteiger partial charge in [-0.25, -0.2) is 0 Å². The van der Waals surface area contributed by atoms with E-state index in [1.807, 2.05) is 35.1 Å². The summed E-state index contributed by atoms with van der Waals surface area (Å²) in [6.07, 6.45) is 6.95. The molecule has 4 rings (SSSR count). The molecule has 8 heteroatoms. The van der Waals surface area contributed by atoms with Crippen LogP contribution in [0.5, 0.6) is 5.75 Å². The van der Waals surface area contributed by atoms with Gasteiger partial charge in [0.1, 0.15) is 17.5 Å². The van der Waals surface area contributed by atoms with Gasteiger partial charge in [0.25, 0.3) is 0 Å². The zero-order chi connectivity index (χ0) is 20.9. The Morgan fingerprint density at radius 1 is 1.33 bits per heavy atom. The van der Waals surface area contributed by atoms with Crippen LogP contribution in [-0.2, 0) is 16.1 Å². The number of hydrogen-bond acceptors (Lipinski definition) is 6. The Morgan fingerprint density at radius 2 is 2.20 bits per heavy atom. The van der Waals surface area contributed by atoms with Crippen LogP contribution in [0.4, 0.5) is 0 Å². The van der Waals surface area contributed by atoms with Gasteiger partial charge in [-0.1, -0.05) is 17.3 Å². The first kappa shape index (κ1) is 20.8. The quantitative estimate of drug-likeness (QED) is 0.653. The zero-order valence-electron chi connectivity index (χ0n) is 17.4. The average molecular weight is 415 g/mol. The van der Waals surface area contributed by atoms with Crippen LogP contribution in [0.25, 0.3) is 11.3 Å². The van der Waals surface area contributed by atoms with Gasteiger partial charge in [0.15, 0.2) is 0 Å². The lowest BCUT2D eigenvalue weighted by Gasteiger charge is -2.36. The Balaban J connectivity index is 1.27. The van der Waals surface area contributed by atoms with Gasteiger partial charge in [-0.2, -0.15) is 0 Å². The normalized spacial score (nSPS) is 23.9. The number of aryl methyl sites for hydroxylation is 1. The second-order valence-electron chi connectivity index (χ2n) is 8.27. The van der Waals surface area contributed by atoms with E-state index in [9.17, 15) is 9.90 Å². The maximum Gasteiger partial charge on any atom is 0.220 e. The van der Waals surface area contributed by atoms with Crippen molar-refractivity contribution >= 4 is 5.91 Å². The first-order valence-corrected chi connectivity index (χ1v) is 10.7. The smallest absolute Gasteiger partial charge is 0.220 e. The molecule has 2 heterocycles. The molecule has 1 aliphatic heterocycles. The number of rotatable bonds is 9. The molecule has 8 nitrogen and oxygen atoms in total. The van der Waals surface area contributed by atoms with Crippen LogP contribution in [0.15, 0.2) is 30.5 Å². The first-order valence-electron chi connectivity index (χ1n) is 10.7. The molecule has 1 saturated carbocycles. The second kappa shape index (κ2) is 9.57. The predicted octanol–water partition coefficient (Wildman–Crippen LogP) is 2.17. The molecule has 30 heavy (non-hydrogen) atoms. The Kier molecular flexibility index (Phi) is 6.64. The lowest BCUT2D eigenvalue weighted by atomic mass is 9.97. The van der Waals surface area contributed by atoms with Gasteiger partial charge >= 0.3 is 0 Å². The number of methoxy groups -OCH3 is 1. The minimum absolute atomic E-state index is 0.0307. The molecule has 0 spiro atoms. The lowest BCUT2D eigenvalue weighted by Crippen LogP contribution is -2.51. The number of ether oxygens (including phenoxy) is 2. The maximum absolute atomic E-state index is 12.1.